The molecular formula is C20H18N2O2. The molecule has 1 aromatic heterocycles. The second-order valence-corrected chi connectivity index (χ2v) is 5.42. The first-order valence-electron chi connectivity index (χ1n) is 7.65. The molecule has 24 heavy (non-hydrogen) atoms. The number of benzene rings is 2. The fourth-order valence-corrected chi connectivity index (χ4v) is 2.52. The van der Waals surface area contributed by atoms with Crippen molar-refractivity contribution in [3.05, 3.63) is 78.1 Å². The van der Waals surface area contributed by atoms with Crippen molar-refractivity contribution in [3.8, 4) is 16.9 Å². The van der Waals surface area contributed by atoms with Crippen molar-refractivity contribution >= 4 is 11.6 Å². The summed E-state index contributed by atoms with van der Waals surface area (Å²) < 4.78 is 5.43. The molecule has 0 fully saturated rings. The first-order chi connectivity index (χ1) is 11.7. The van der Waals surface area contributed by atoms with Gasteiger partial charge in [-0.05, 0) is 42.8 Å². The molecule has 1 N–H and O–H groups in total. The molecule has 0 spiro atoms. The van der Waals surface area contributed by atoms with Gasteiger partial charge in [-0.15, -0.1) is 0 Å². The Morgan fingerprint density at radius 1 is 1.04 bits per heavy atom. The first-order valence-corrected chi connectivity index (χ1v) is 7.65. The number of anilines is 1. The lowest BCUT2D eigenvalue weighted by atomic mass is 10.0. The molecule has 2 aromatic carbocycles. The van der Waals surface area contributed by atoms with Gasteiger partial charge in [0.05, 0.1) is 7.11 Å². The number of amides is 1. The van der Waals surface area contributed by atoms with Crippen LogP contribution in [0.3, 0.4) is 0 Å². The van der Waals surface area contributed by atoms with Gasteiger partial charge in [-0.1, -0.05) is 30.3 Å². The SMILES string of the molecule is COc1ccc(C(=O)Nc2ccnc(C)c2)cc1-c1ccccc1. The van der Waals surface area contributed by atoms with Crippen molar-refractivity contribution in [2.75, 3.05) is 12.4 Å². The molecule has 0 radical (unpaired) electrons. The van der Waals surface area contributed by atoms with Gasteiger partial charge in [0.1, 0.15) is 5.75 Å². The van der Waals surface area contributed by atoms with E-state index in [1.165, 1.54) is 0 Å². The molecule has 3 aromatic rings. The summed E-state index contributed by atoms with van der Waals surface area (Å²) in [7, 11) is 1.63. The van der Waals surface area contributed by atoms with Crippen LogP contribution in [0.1, 0.15) is 16.1 Å². The minimum atomic E-state index is -0.166. The Bertz CT molecular complexity index is 861. The zero-order chi connectivity index (χ0) is 16.9. The minimum absolute atomic E-state index is 0.166. The molecule has 3 rings (SSSR count). The van der Waals surface area contributed by atoms with Gasteiger partial charge >= 0.3 is 0 Å². The van der Waals surface area contributed by atoms with Crippen LogP contribution in [0.2, 0.25) is 0 Å². The summed E-state index contributed by atoms with van der Waals surface area (Å²) >= 11 is 0. The molecule has 120 valence electrons. The molecule has 0 saturated carbocycles. The second-order valence-electron chi connectivity index (χ2n) is 5.42. The average molecular weight is 318 g/mol. The summed E-state index contributed by atoms with van der Waals surface area (Å²) in [5.41, 5.74) is 4.04. The summed E-state index contributed by atoms with van der Waals surface area (Å²) in [6.07, 6.45) is 1.67. The Morgan fingerprint density at radius 3 is 2.54 bits per heavy atom. The average Bonchev–Trinajstić information content (AvgIpc) is 2.62. The fraction of sp³-hybridized carbons (Fsp3) is 0.100. The van der Waals surface area contributed by atoms with Gasteiger partial charge in [-0.2, -0.15) is 0 Å². The highest BCUT2D eigenvalue weighted by atomic mass is 16.5. The third-order valence-electron chi connectivity index (χ3n) is 3.70. The highest BCUT2D eigenvalue weighted by molar-refractivity contribution is 6.05. The largest absolute Gasteiger partial charge is 0.496 e. The molecule has 0 unspecified atom stereocenters. The van der Waals surface area contributed by atoms with Gasteiger partial charge in [0.2, 0.25) is 0 Å². The van der Waals surface area contributed by atoms with Gasteiger partial charge in [-0.25, -0.2) is 0 Å². The molecule has 0 saturated heterocycles. The lowest BCUT2D eigenvalue weighted by Gasteiger charge is -2.11. The van der Waals surface area contributed by atoms with E-state index >= 15 is 0 Å². The van der Waals surface area contributed by atoms with E-state index in [1.807, 2.05) is 55.5 Å². The number of nitrogens with one attached hydrogen (secondary N) is 1. The maximum absolute atomic E-state index is 12.5. The van der Waals surface area contributed by atoms with Crippen molar-refractivity contribution in [2.24, 2.45) is 0 Å². The molecule has 0 aliphatic carbocycles. The van der Waals surface area contributed by atoms with Crippen molar-refractivity contribution < 1.29 is 9.53 Å². The smallest absolute Gasteiger partial charge is 0.255 e. The number of pyridine rings is 1. The Hall–Kier alpha value is -3.14. The van der Waals surface area contributed by atoms with E-state index in [2.05, 4.69) is 10.3 Å². The Kier molecular flexibility index (Phi) is 4.57. The summed E-state index contributed by atoms with van der Waals surface area (Å²) in [5, 5.41) is 2.90. The molecule has 1 heterocycles. The molecular weight excluding hydrogens is 300 g/mol. The van der Waals surface area contributed by atoms with Gasteiger partial charge in [0, 0.05) is 28.7 Å². The van der Waals surface area contributed by atoms with Crippen LogP contribution in [0.5, 0.6) is 5.75 Å². The van der Waals surface area contributed by atoms with Crippen LogP contribution in [0.4, 0.5) is 5.69 Å². The third-order valence-corrected chi connectivity index (χ3v) is 3.70. The number of carbonyl (C=O) groups is 1. The number of rotatable bonds is 4. The lowest BCUT2D eigenvalue weighted by molar-refractivity contribution is 0.102. The van der Waals surface area contributed by atoms with Crippen molar-refractivity contribution in [2.45, 2.75) is 6.92 Å². The van der Waals surface area contributed by atoms with Crippen LogP contribution in [0.15, 0.2) is 66.9 Å². The standard InChI is InChI=1S/C20H18N2O2/c1-14-12-17(10-11-21-14)22-20(23)16-8-9-19(24-2)18(13-16)15-6-4-3-5-7-15/h3-13H,1-2H3,(H,21,22,23). The number of aryl methyl sites for hydroxylation is 1. The monoisotopic (exact) mass is 318 g/mol. The number of hydrogen-bond acceptors (Lipinski definition) is 3. The molecule has 4 nitrogen and oxygen atoms in total. The molecule has 4 heteroatoms. The Labute approximate surface area is 141 Å². The third kappa shape index (κ3) is 3.43. The highest BCUT2D eigenvalue weighted by Gasteiger charge is 2.12. The van der Waals surface area contributed by atoms with E-state index in [4.69, 9.17) is 4.74 Å². The Balaban J connectivity index is 1.92. The minimum Gasteiger partial charge on any atom is -0.496 e. The molecule has 0 aliphatic heterocycles. The lowest BCUT2D eigenvalue weighted by Crippen LogP contribution is -2.12. The van der Waals surface area contributed by atoms with E-state index in [0.29, 0.717) is 5.56 Å². The van der Waals surface area contributed by atoms with Crippen LogP contribution in [0.25, 0.3) is 11.1 Å². The quantitative estimate of drug-likeness (QED) is 0.779. The van der Waals surface area contributed by atoms with Crippen LogP contribution in [0, 0.1) is 6.92 Å². The predicted molar refractivity (Wildman–Crippen MR) is 95.4 cm³/mol. The van der Waals surface area contributed by atoms with Gasteiger partial charge < -0.3 is 10.1 Å². The number of ether oxygens (including phenoxy) is 1. The maximum atomic E-state index is 12.5. The number of aromatic nitrogens is 1. The van der Waals surface area contributed by atoms with E-state index in [0.717, 1.165) is 28.3 Å². The van der Waals surface area contributed by atoms with Gasteiger partial charge in [-0.3, -0.25) is 9.78 Å². The van der Waals surface area contributed by atoms with Crippen LogP contribution < -0.4 is 10.1 Å². The number of methoxy groups -OCH3 is 1. The Morgan fingerprint density at radius 2 is 1.83 bits per heavy atom. The van der Waals surface area contributed by atoms with E-state index in [9.17, 15) is 4.79 Å². The predicted octanol–water partition coefficient (Wildman–Crippen LogP) is 4.32. The van der Waals surface area contributed by atoms with Gasteiger partial charge in [0.25, 0.3) is 5.91 Å². The first kappa shape index (κ1) is 15.7. The summed E-state index contributed by atoms with van der Waals surface area (Å²) in [6, 6.07) is 18.9. The zero-order valence-electron chi connectivity index (χ0n) is 13.6. The summed E-state index contributed by atoms with van der Waals surface area (Å²) in [4.78, 5) is 16.7. The zero-order valence-corrected chi connectivity index (χ0v) is 13.6. The summed E-state index contributed by atoms with van der Waals surface area (Å²) in [6.45, 7) is 1.89. The molecule has 0 aliphatic rings. The van der Waals surface area contributed by atoms with Crippen molar-refractivity contribution in [1.29, 1.82) is 0 Å². The second kappa shape index (κ2) is 6.96. The molecule has 1 amide bonds. The van der Waals surface area contributed by atoms with E-state index in [1.54, 1.807) is 25.4 Å². The number of hydrogen-bond donors (Lipinski definition) is 1. The molecule has 0 atom stereocenters. The number of carbonyl (C=O) groups excluding carboxylic acids is 1. The van der Waals surface area contributed by atoms with Crippen LogP contribution >= 0.6 is 0 Å². The number of nitrogens with zero attached hydrogens (tertiary/aromatic N) is 1. The van der Waals surface area contributed by atoms with Gasteiger partial charge in [0.15, 0.2) is 0 Å². The van der Waals surface area contributed by atoms with E-state index < -0.39 is 0 Å². The fourth-order valence-electron chi connectivity index (χ4n) is 2.52. The van der Waals surface area contributed by atoms with Crippen molar-refractivity contribution in [3.63, 3.8) is 0 Å². The topological polar surface area (TPSA) is 51.2 Å². The van der Waals surface area contributed by atoms with Crippen molar-refractivity contribution in [1.82, 2.24) is 4.98 Å². The van der Waals surface area contributed by atoms with Crippen LogP contribution in [-0.2, 0) is 0 Å². The van der Waals surface area contributed by atoms with Crippen LogP contribution in [-0.4, -0.2) is 18.0 Å². The normalized spacial score (nSPS) is 10.2. The highest BCUT2D eigenvalue weighted by Crippen LogP contribution is 2.31. The molecule has 0 bridgehead atoms. The van der Waals surface area contributed by atoms with E-state index in [-0.39, 0.29) is 5.91 Å². The summed E-state index contributed by atoms with van der Waals surface area (Å²) in [5.74, 6) is 0.568. The maximum Gasteiger partial charge on any atom is 0.255 e.